The molecule has 5 nitrogen and oxygen atoms in total. The van der Waals surface area contributed by atoms with Crippen LogP contribution in [0.5, 0.6) is 0 Å². The number of aromatic nitrogens is 1. The number of aryl methyl sites for hydroxylation is 2. The van der Waals surface area contributed by atoms with E-state index in [0.717, 1.165) is 55.9 Å². The summed E-state index contributed by atoms with van der Waals surface area (Å²) in [6, 6.07) is 11.4. The minimum atomic E-state index is -0.485. The van der Waals surface area contributed by atoms with Crippen molar-refractivity contribution in [1.82, 2.24) is 4.98 Å². The number of carbonyl (C=O) groups excluding carboxylic acids is 2. The molecular formula is C24H22Br2N2O3. The van der Waals surface area contributed by atoms with Crippen LogP contribution in [0.1, 0.15) is 40.5 Å². The number of anilines is 1. The van der Waals surface area contributed by atoms with Crippen molar-refractivity contribution < 1.29 is 14.3 Å². The van der Waals surface area contributed by atoms with Crippen LogP contribution in [0.4, 0.5) is 5.69 Å². The van der Waals surface area contributed by atoms with Gasteiger partial charge < -0.3 is 10.1 Å². The predicted molar refractivity (Wildman–Crippen MR) is 128 cm³/mol. The Morgan fingerprint density at radius 3 is 2.65 bits per heavy atom. The quantitative estimate of drug-likeness (QED) is 0.409. The first-order chi connectivity index (χ1) is 14.8. The van der Waals surface area contributed by atoms with E-state index < -0.39 is 11.9 Å². The van der Waals surface area contributed by atoms with Gasteiger partial charge in [0.05, 0.1) is 16.8 Å². The smallest absolute Gasteiger partial charge is 0.339 e. The van der Waals surface area contributed by atoms with Crippen LogP contribution in [0.25, 0.3) is 10.9 Å². The van der Waals surface area contributed by atoms with E-state index in [4.69, 9.17) is 9.72 Å². The second kappa shape index (κ2) is 9.09. The number of ether oxygens (including phenoxy) is 1. The molecule has 0 saturated heterocycles. The highest BCUT2D eigenvalue weighted by molar-refractivity contribution is 9.11. The molecule has 1 aromatic heterocycles. The van der Waals surface area contributed by atoms with Gasteiger partial charge in [-0.3, -0.25) is 9.78 Å². The summed E-state index contributed by atoms with van der Waals surface area (Å²) in [5, 5.41) is 3.57. The van der Waals surface area contributed by atoms with E-state index in [2.05, 4.69) is 44.1 Å². The number of fused-ring (bicyclic) bond motifs is 2. The summed E-state index contributed by atoms with van der Waals surface area (Å²) in [6.07, 6.45) is 2.68. The third kappa shape index (κ3) is 4.67. The van der Waals surface area contributed by atoms with Crippen molar-refractivity contribution in [1.29, 1.82) is 0 Å². The molecule has 31 heavy (non-hydrogen) atoms. The largest absolute Gasteiger partial charge is 0.452 e. The molecule has 1 aliphatic carbocycles. The Kier molecular flexibility index (Phi) is 6.44. The van der Waals surface area contributed by atoms with Crippen LogP contribution in [0.15, 0.2) is 45.3 Å². The normalized spacial score (nSPS) is 15.4. The van der Waals surface area contributed by atoms with Crippen LogP contribution >= 0.6 is 31.9 Å². The fourth-order valence-electron chi connectivity index (χ4n) is 3.99. The number of benzene rings is 2. The number of esters is 1. The second-order valence-electron chi connectivity index (χ2n) is 8.01. The summed E-state index contributed by atoms with van der Waals surface area (Å²) in [6.45, 7) is 3.77. The van der Waals surface area contributed by atoms with Gasteiger partial charge >= 0.3 is 5.97 Å². The lowest BCUT2D eigenvalue weighted by Gasteiger charge is -2.24. The maximum absolute atomic E-state index is 13.1. The van der Waals surface area contributed by atoms with Gasteiger partial charge in [-0.05, 0) is 93.3 Å². The number of nitrogens with zero attached hydrogens (tertiary/aromatic N) is 1. The number of amides is 1. The Balaban J connectivity index is 1.57. The fourth-order valence-corrected chi connectivity index (χ4v) is 5.61. The molecule has 0 fully saturated rings. The van der Waals surface area contributed by atoms with Gasteiger partial charge in [-0.1, -0.05) is 25.1 Å². The molecule has 1 atom stereocenters. The number of halogens is 2. The number of rotatable bonds is 4. The molecule has 0 aliphatic heterocycles. The third-order valence-electron chi connectivity index (χ3n) is 5.49. The molecule has 0 radical (unpaired) electrons. The minimum Gasteiger partial charge on any atom is -0.452 e. The maximum atomic E-state index is 13.1. The van der Waals surface area contributed by atoms with Crippen LogP contribution in [0, 0.1) is 12.8 Å². The number of para-hydroxylation sites is 1. The standard InChI is InChI=1S/C24H22Br2N2O3/c1-13-7-8-20-16(9-13)22(15-5-3-4-6-19(15)27-20)24(30)31-12-21(29)28-23-17(25)10-14(2)11-18(23)26/h3-6,10-11,13H,7-9,12H2,1-2H3,(H,28,29). The Morgan fingerprint density at radius 1 is 1.19 bits per heavy atom. The molecule has 160 valence electrons. The zero-order valence-corrected chi connectivity index (χ0v) is 20.5. The van der Waals surface area contributed by atoms with Crippen LogP contribution < -0.4 is 5.32 Å². The van der Waals surface area contributed by atoms with Crippen LogP contribution in [0.2, 0.25) is 0 Å². The lowest BCUT2D eigenvalue weighted by atomic mass is 9.84. The fraction of sp³-hybridized carbons (Fsp3) is 0.292. The van der Waals surface area contributed by atoms with Crippen molar-refractivity contribution in [3.05, 3.63) is 67.7 Å². The number of nitrogens with one attached hydrogen (secondary N) is 1. The van der Waals surface area contributed by atoms with E-state index >= 15 is 0 Å². The number of hydrogen-bond acceptors (Lipinski definition) is 4. The number of pyridine rings is 1. The minimum absolute atomic E-state index is 0.368. The zero-order valence-electron chi connectivity index (χ0n) is 17.3. The molecule has 3 aromatic rings. The van der Waals surface area contributed by atoms with Gasteiger partial charge in [0.2, 0.25) is 0 Å². The molecule has 1 N–H and O–H groups in total. The molecule has 0 saturated carbocycles. The number of carbonyl (C=O) groups is 2. The van der Waals surface area contributed by atoms with Gasteiger partial charge in [0.15, 0.2) is 6.61 Å². The van der Waals surface area contributed by atoms with E-state index in [0.29, 0.717) is 17.2 Å². The van der Waals surface area contributed by atoms with E-state index in [1.165, 1.54) is 0 Å². The SMILES string of the molecule is Cc1cc(Br)c(NC(=O)COC(=O)c2c3c(nc4ccccc24)CCC(C)C3)c(Br)c1. The lowest BCUT2D eigenvalue weighted by molar-refractivity contribution is -0.119. The predicted octanol–water partition coefficient (Wildman–Crippen LogP) is 5.99. The Labute approximate surface area is 197 Å². The van der Waals surface area contributed by atoms with Crippen molar-refractivity contribution in [3.8, 4) is 0 Å². The molecule has 4 rings (SSSR count). The molecule has 1 amide bonds. The van der Waals surface area contributed by atoms with Gasteiger partial charge in [0.25, 0.3) is 5.91 Å². The lowest BCUT2D eigenvalue weighted by Crippen LogP contribution is -2.24. The maximum Gasteiger partial charge on any atom is 0.339 e. The van der Waals surface area contributed by atoms with Crippen molar-refractivity contribution in [3.63, 3.8) is 0 Å². The summed E-state index contributed by atoms with van der Waals surface area (Å²) in [5.41, 5.74) is 4.88. The van der Waals surface area contributed by atoms with Gasteiger partial charge in [-0.15, -0.1) is 0 Å². The van der Waals surface area contributed by atoms with E-state index in [9.17, 15) is 9.59 Å². The Bertz CT molecular complexity index is 1170. The third-order valence-corrected chi connectivity index (χ3v) is 6.75. The van der Waals surface area contributed by atoms with Gasteiger partial charge in [-0.25, -0.2) is 4.79 Å². The molecule has 1 heterocycles. The highest BCUT2D eigenvalue weighted by Gasteiger charge is 2.26. The topological polar surface area (TPSA) is 68.3 Å². The average Bonchev–Trinajstić information content (AvgIpc) is 2.73. The monoisotopic (exact) mass is 544 g/mol. The first-order valence-corrected chi connectivity index (χ1v) is 11.7. The molecule has 1 unspecified atom stereocenters. The molecule has 0 bridgehead atoms. The van der Waals surface area contributed by atoms with Crippen LogP contribution in [0.3, 0.4) is 0 Å². The first kappa shape index (κ1) is 22.0. The first-order valence-electron chi connectivity index (χ1n) is 10.2. The molecule has 7 heteroatoms. The average molecular weight is 546 g/mol. The summed E-state index contributed by atoms with van der Waals surface area (Å²) in [5.74, 6) is -0.415. The van der Waals surface area contributed by atoms with E-state index in [-0.39, 0.29) is 6.61 Å². The van der Waals surface area contributed by atoms with Crippen LogP contribution in [-0.4, -0.2) is 23.5 Å². The zero-order chi connectivity index (χ0) is 22.1. The van der Waals surface area contributed by atoms with Crippen molar-refractivity contribution in [2.45, 2.75) is 33.1 Å². The second-order valence-corrected chi connectivity index (χ2v) is 9.71. The van der Waals surface area contributed by atoms with Gasteiger partial charge in [0, 0.05) is 20.0 Å². The van der Waals surface area contributed by atoms with E-state index in [1.807, 2.05) is 43.3 Å². The molecular weight excluding hydrogens is 524 g/mol. The summed E-state index contributed by atoms with van der Waals surface area (Å²) in [7, 11) is 0. The van der Waals surface area contributed by atoms with Gasteiger partial charge in [-0.2, -0.15) is 0 Å². The highest BCUT2D eigenvalue weighted by atomic mass is 79.9. The van der Waals surface area contributed by atoms with Crippen molar-refractivity contribution in [2.24, 2.45) is 5.92 Å². The van der Waals surface area contributed by atoms with E-state index in [1.54, 1.807) is 0 Å². The number of hydrogen-bond donors (Lipinski definition) is 1. The van der Waals surface area contributed by atoms with Crippen molar-refractivity contribution >= 4 is 60.3 Å². The molecule has 0 spiro atoms. The molecule has 1 aliphatic rings. The highest BCUT2D eigenvalue weighted by Crippen LogP contribution is 2.33. The van der Waals surface area contributed by atoms with Crippen LogP contribution in [-0.2, 0) is 22.4 Å². The van der Waals surface area contributed by atoms with Gasteiger partial charge in [0.1, 0.15) is 0 Å². The molecule has 2 aromatic carbocycles. The Hall–Kier alpha value is -2.25. The summed E-state index contributed by atoms with van der Waals surface area (Å²) < 4.78 is 6.97. The Morgan fingerprint density at radius 2 is 1.90 bits per heavy atom. The summed E-state index contributed by atoms with van der Waals surface area (Å²) >= 11 is 6.92. The summed E-state index contributed by atoms with van der Waals surface area (Å²) in [4.78, 5) is 30.4. The van der Waals surface area contributed by atoms with Crippen molar-refractivity contribution in [2.75, 3.05) is 11.9 Å².